The Bertz CT molecular complexity index is 307. The Morgan fingerprint density at radius 2 is 2.47 bits per heavy atom. The van der Waals surface area contributed by atoms with Crippen molar-refractivity contribution >= 4 is 0 Å². The van der Waals surface area contributed by atoms with Crippen molar-refractivity contribution in [2.75, 3.05) is 20.1 Å². The summed E-state index contributed by atoms with van der Waals surface area (Å²) in [5.74, 6) is 1.16. The number of hydrogen-bond acceptors (Lipinski definition) is 3. The van der Waals surface area contributed by atoms with Crippen molar-refractivity contribution in [3.8, 4) is 0 Å². The molecule has 1 aliphatic rings. The highest BCUT2D eigenvalue weighted by Gasteiger charge is 2.24. The van der Waals surface area contributed by atoms with E-state index in [1.807, 2.05) is 19.4 Å². The van der Waals surface area contributed by atoms with E-state index in [0.717, 1.165) is 18.9 Å². The number of nitrogens with zero attached hydrogens (tertiary/aromatic N) is 3. The molecule has 0 amide bonds. The molecule has 0 spiro atoms. The van der Waals surface area contributed by atoms with E-state index in [4.69, 9.17) is 0 Å². The highest BCUT2D eigenvalue weighted by atomic mass is 15.2. The Kier molecular flexibility index (Phi) is 3.38. The number of imidazole rings is 1. The molecular weight excluding hydrogens is 188 g/mol. The van der Waals surface area contributed by atoms with Crippen molar-refractivity contribution < 1.29 is 0 Å². The molecule has 4 nitrogen and oxygen atoms in total. The second-order valence-electron chi connectivity index (χ2n) is 4.28. The van der Waals surface area contributed by atoms with Crippen molar-refractivity contribution in [2.45, 2.75) is 25.4 Å². The molecule has 15 heavy (non-hydrogen) atoms. The number of aryl methyl sites for hydroxylation is 1. The molecule has 2 heterocycles. The number of aromatic nitrogens is 2. The van der Waals surface area contributed by atoms with Gasteiger partial charge in [-0.2, -0.15) is 0 Å². The van der Waals surface area contributed by atoms with Crippen LogP contribution in [0, 0.1) is 0 Å². The van der Waals surface area contributed by atoms with Gasteiger partial charge >= 0.3 is 0 Å². The van der Waals surface area contributed by atoms with Crippen molar-refractivity contribution in [3.05, 3.63) is 18.2 Å². The topological polar surface area (TPSA) is 33.1 Å². The molecule has 0 bridgehead atoms. The lowest BCUT2D eigenvalue weighted by Crippen LogP contribution is -2.36. The molecule has 0 aliphatic carbocycles. The monoisotopic (exact) mass is 208 g/mol. The van der Waals surface area contributed by atoms with E-state index in [9.17, 15) is 0 Å². The minimum atomic E-state index is 0.687. The fourth-order valence-corrected chi connectivity index (χ4v) is 2.30. The van der Waals surface area contributed by atoms with Crippen LogP contribution in [0.5, 0.6) is 0 Å². The van der Waals surface area contributed by atoms with Crippen LogP contribution in [0.15, 0.2) is 12.4 Å². The van der Waals surface area contributed by atoms with Crippen molar-refractivity contribution in [3.63, 3.8) is 0 Å². The molecule has 1 saturated heterocycles. The molecule has 1 fully saturated rings. The molecule has 1 N–H and O–H groups in total. The average Bonchev–Trinajstić information content (AvgIpc) is 2.80. The molecule has 1 aromatic heterocycles. The smallest absolute Gasteiger partial charge is 0.122 e. The summed E-state index contributed by atoms with van der Waals surface area (Å²) in [4.78, 5) is 6.90. The number of likely N-dealkylation sites (N-methyl/N-ethyl adjacent to an activating group) is 1. The van der Waals surface area contributed by atoms with E-state index in [1.165, 1.54) is 19.4 Å². The lowest BCUT2D eigenvalue weighted by atomic mass is 10.2. The molecule has 0 radical (unpaired) electrons. The summed E-state index contributed by atoms with van der Waals surface area (Å²) < 4.78 is 2.11. The minimum absolute atomic E-state index is 0.687. The first-order valence-corrected chi connectivity index (χ1v) is 5.66. The van der Waals surface area contributed by atoms with E-state index in [1.54, 1.807) is 0 Å². The van der Waals surface area contributed by atoms with Crippen LogP contribution in [0.4, 0.5) is 0 Å². The Labute approximate surface area is 91.3 Å². The summed E-state index contributed by atoms with van der Waals surface area (Å²) in [7, 11) is 4.09. The molecule has 1 aliphatic heterocycles. The van der Waals surface area contributed by atoms with Gasteiger partial charge < -0.3 is 9.88 Å². The van der Waals surface area contributed by atoms with Crippen LogP contribution in [0.25, 0.3) is 0 Å². The highest BCUT2D eigenvalue weighted by Crippen LogP contribution is 2.18. The van der Waals surface area contributed by atoms with Gasteiger partial charge in [-0.15, -0.1) is 0 Å². The van der Waals surface area contributed by atoms with Gasteiger partial charge in [0.05, 0.1) is 6.54 Å². The molecule has 2 rings (SSSR count). The van der Waals surface area contributed by atoms with Crippen LogP contribution in [0.3, 0.4) is 0 Å². The molecule has 84 valence electrons. The van der Waals surface area contributed by atoms with Gasteiger partial charge in [-0.1, -0.05) is 0 Å². The molecule has 1 unspecified atom stereocenters. The average molecular weight is 208 g/mol. The van der Waals surface area contributed by atoms with Crippen LogP contribution < -0.4 is 5.32 Å². The number of rotatable bonds is 4. The maximum atomic E-state index is 4.37. The first-order chi connectivity index (χ1) is 7.31. The highest BCUT2D eigenvalue weighted by molar-refractivity contribution is 4.93. The van der Waals surface area contributed by atoms with E-state index < -0.39 is 0 Å². The zero-order valence-electron chi connectivity index (χ0n) is 9.61. The first-order valence-electron chi connectivity index (χ1n) is 5.66. The quantitative estimate of drug-likeness (QED) is 0.787. The summed E-state index contributed by atoms with van der Waals surface area (Å²) in [6, 6.07) is 0.687. The third kappa shape index (κ3) is 2.38. The normalized spacial score (nSPS) is 22.4. The summed E-state index contributed by atoms with van der Waals surface area (Å²) in [6.07, 6.45) is 6.51. The van der Waals surface area contributed by atoms with Gasteiger partial charge in [0.25, 0.3) is 0 Å². The fraction of sp³-hybridized carbons (Fsp3) is 0.727. The van der Waals surface area contributed by atoms with Gasteiger partial charge in [0.15, 0.2) is 0 Å². The number of nitrogens with one attached hydrogen (secondary N) is 1. The summed E-state index contributed by atoms with van der Waals surface area (Å²) in [5, 5.41) is 3.26. The second-order valence-corrected chi connectivity index (χ2v) is 4.28. The van der Waals surface area contributed by atoms with Crippen LogP contribution in [0.2, 0.25) is 0 Å². The summed E-state index contributed by atoms with van der Waals surface area (Å²) in [5.41, 5.74) is 0. The van der Waals surface area contributed by atoms with E-state index in [2.05, 4.69) is 26.8 Å². The number of likely N-dealkylation sites (tertiary alicyclic amines) is 1. The molecule has 0 saturated carbocycles. The maximum absolute atomic E-state index is 4.37. The Hall–Kier alpha value is -0.870. The lowest BCUT2D eigenvalue weighted by molar-refractivity contribution is 0.234. The minimum Gasteiger partial charge on any atom is -0.337 e. The second kappa shape index (κ2) is 4.77. The van der Waals surface area contributed by atoms with Crippen LogP contribution in [-0.2, 0) is 13.6 Å². The SMILES string of the molecule is CNCC1CCCN1Cc1nccn1C. The molecule has 0 aromatic carbocycles. The zero-order valence-corrected chi connectivity index (χ0v) is 9.61. The first kappa shape index (κ1) is 10.6. The molecule has 4 heteroatoms. The Balaban J connectivity index is 1.96. The predicted molar refractivity (Wildman–Crippen MR) is 60.6 cm³/mol. The van der Waals surface area contributed by atoms with E-state index in [-0.39, 0.29) is 0 Å². The fourth-order valence-electron chi connectivity index (χ4n) is 2.30. The molecule has 1 atom stereocenters. The third-order valence-corrected chi connectivity index (χ3v) is 3.20. The lowest BCUT2D eigenvalue weighted by Gasteiger charge is -2.23. The number of hydrogen-bond donors (Lipinski definition) is 1. The predicted octanol–water partition coefficient (Wildman–Crippen LogP) is 0.604. The van der Waals surface area contributed by atoms with Gasteiger partial charge in [-0.25, -0.2) is 4.98 Å². The maximum Gasteiger partial charge on any atom is 0.122 e. The molecular formula is C11H20N4. The Morgan fingerprint density at radius 3 is 3.13 bits per heavy atom. The van der Waals surface area contributed by atoms with E-state index >= 15 is 0 Å². The largest absolute Gasteiger partial charge is 0.337 e. The standard InChI is InChI=1S/C11H20N4/c1-12-8-10-4-3-6-15(10)9-11-13-5-7-14(11)2/h5,7,10,12H,3-4,6,8-9H2,1-2H3. The van der Waals surface area contributed by atoms with Crippen molar-refractivity contribution in [1.82, 2.24) is 19.8 Å². The van der Waals surface area contributed by atoms with Gasteiger partial charge in [-0.05, 0) is 26.4 Å². The zero-order chi connectivity index (χ0) is 10.7. The van der Waals surface area contributed by atoms with Crippen LogP contribution >= 0.6 is 0 Å². The van der Waals surface area contributed by atoms with Crippen LogP contribution in [0.1, 0.15) is 18.7 Å². The Morgan fingerprint density at radius 1 is 1.60 bits per heavy atom. The van der Waals surface area contributed by atoms with Gasteiger partial charge in [0.1, 0.15) is 5.82 Å². The van der Waals surface area contributed by atoms with E-state index in [0.29, 0.717) is 6.04 Å². The van der Waals surface area contributed by atoms with Gasteiger partial charge in [0.2, 0.25) is 0 Å². The van der Waals surface area contributed by atoms with Crippen molar-refractivity contribution in [1.29, 1.82) is 0 Å². The summed E-state index contributed by atoms with van der Waals surface area (Å²) in [6.45, 7) is 3.28. The van der Waals surface area contributed by atoms with Crippen LogP contribution in [-0.4, -0.2) is 40.6 Å². The molecule has 1 aromatic rings. The summed E-state index contributed by atoms with van der Waals surface area (Å²) >= 11 is 0. The van der Waals surface area contributed by atoms with Gasteiger partial charge in [-0.3, -0.25) is 4.90 Å². The van der Waals surface area contributed by atoms with Gasteiger partial charge in [0, 0.05) is 32.0 Å². The van der Waals surface area contributed by atoms with Crippen molar-refractivity contribution in [2.24, 2.45) is 7.05 Å². The third-order valence-electron chi connectivity index (χ3n) is 3.20.